The number of aromatic nitrogens is 16. The van der Waals surface area contributed by atoms with Crippen molar-refractivity contribution in [1.82, 2.24) is 100 Å². The van der Waals surface area contributed by atoms with E-state index in [1.807, 2.05) is 137 Å². The summed E-state index contributed by atoms with van der Waals surface area (Å²) in [7, 11) is 15.3. The van der Waals surface area contributed by atoms with E-state index >= 15 is 0 Å². The number of hydrogen-bond acceptors (Lipinski definition) is 36. The summed E-state index contributed by atoms with van der Waals surface area (Å²) in [4.78, 5) is 110. The topological polar surface area (TPSA) is 520 Å². The number of ether oxygens (including phenoxy) is 4. The van der Waals surface area contributed by atoms with Crippen LogP contribution in [0.4, 0.5) is 27.7 Å². The number of hydrogen-bond donors (Lipinski definition) is 4. The van der Waals surface area contributed by atoms with Crippen molar-refractivity contribution in [2.45, 2.75) is 46.5 Å². The van der Waals surface area contributed by atoms with E-state index < -0.39 is 23.5 Å². The van der Waals surface area contributed by atoms with Gasteiger partial charge in [-0.3, -0.25) is 44.4 Å². The summed E-state index contributed by atoms with van der Waals surface area (Å²) < 4.78 is 57.4. The van der Waals surface area contributed by atoms with Gasteiger partial charge in [0, 0.05) is 123 Å². The molecule has 4 amide bonds. The smallest absolute Gasteiger partial charge is 0.259 e. The SMILES string of the molecule is Cc1nc(-c2ccc(-c3ccc(C(=O)Nc4ccc(C#N)c(OCCN(C)C)n4)cn3)c(Cl)c2)no1.Cc1nc(-c2ccc(-c3ccc(C(=O)Nc4ccc(C#N)c(OCCN(C)C)n4)cn3)c(F)c2)no1.Cc1nc(-c2ccc(-c3ccc(C(=O)Nc4ncc(C#N)c(OCCN(C)C)n4)cn3)c(Cl)c2)no1.Cc1nc(-c2ccc(-c3ccc(NC(=O)c4ccc(C#N)c(OCCN(C)C)c4)cn3)c(C3CC3)c2)no1. The molecule has 4 N–H and O–H groups in total. The minimum absolute atomic E-state index is 0.0123. The first-order valence-corrected chi connectivity index (χ1v) is 45.8. The molecule has 0 radical (unpaired) electrons. The van der Waals surface area contributed by atoms with Gasteiger partial charge in [-0.1, -0.05) is 86.3 Å². The third-order valence-electron chi connectivity index (χ3n) is 21.4. The van der Waals surface area contributed by atoms with E-state index in [2.05, 4.69) is 114 Å². The Morgan fingerprint density at radius 2 is 0.733 bits per heavy atom. The van der Waals surface area contributed by atoms with Crippen molar-refractivity contribution in [2.24, 2.45) is 0 Å². The van der Waals surface area contributed by atoms with Crippen LogP contribution in [0.3, 0.4) is 0 Å². The van der Waals surface area contributed by atoms with Crippen molar-refractivity contribution in [3.05, 3.63) is 284 Å². The van der Waals surface area contributed by atoms with Crippen LogP contribution in [0.25, 0.3) is 90.6 Å². The van der Waals surface area contributed by atoms with Crippen molar-refractivity contribution in [3.8, 4) is 138 Å². The Balaban J connectivity index is 0.000000154. The summed E-state index contributed by atoms with van der Waals surface area (Å²) in [5.41, 5.74) is 12.1. The summed E-state index contributed by atoms with van der Waals surface area (Å²) in [6, 6.07) is 53.9. The van der Waals surface area contributed by atoms with Crippen LogP contribution in [0.1, 0.15) is 112 Å². The molecule has 0 saturated heterocycles. The zero-order chi connectivity index (χ0) is 104. The van der Waals surface area contributed by atoms with E-state index in [-0.39, 0.29) is 74.5 Å². The predicted octanol–water partition coefficient (Wildman–Crippen LogP) is 16.6. The van der Waals surface area contributed by atoms with Crippen molar-refractivity contribution in [1.29, 1.82) is 21.0 Å². The van der Waals surface area contributed by atoms with Gasteiger partial charge in [0.2, 0.25) is 70.4 Å². The van der Waals surface area contributed by atoms with Crippen LogP contribution in [-0.2, 0) is 0 Å². The Morgan fingerprint density at radius 1 is 0.370 bits per heavy atom. The number of carbonyl (C=O) groups is 4. The van der Waals surface area contributed by atoms with Gasteiger partial charge in [-0.15, -0.1) is 0 Å². The lowest BCUT2D eigenvalue weighted by Crippen LogP contribution is -2.20. The maximum atomic E-state index is 14.8. The number of pyridine rings is 6. The molecule has 16 aromatic rings. The molecule has 11 aromatic heterocycles. The van der Waals surface area contributed by atoms with Crippen molar-refractivity contribution in [2.75, 3.05) is 130 Å². The summed E-state index contributed by atoms with van der Waals surface area (Å²) in [5.74, 6) is 3.24. The molecule has 5 aromatic carbocycles. The number of aryl methyl sites for hydroxylation is 4. The van der Waals surface area contributed by atoms with Gasteiger partial charge in [0.15, 0.2) is 0 Å². The monoisotopic (exact) mass is 2000 g/mol. The lowest BCUT2D eigenvalue weighted by molar-refractivity contribution is 0.101. The second-order valence-corrected chi connectivity index (χ2v) is 34.3. The maximum Gasteiger partial charge on any atom is 0.259 e. The molecule has 40 nitrogen and oxygen atoms in total. The molecule has 738 valence electrons. The number of likely N-dealkylation sites (N-methyl/N-ethyl adjacent to an activating group) is 4. The highest BCUT2D eigenvalue weighted by Crippen LogP contribution is 2.46. The van der Waals surface area contributed by atoms with Crippen LogP contribution in [0.2, 0.25) is 10.0 Å². The van der Waals surface area contributed by atoms with Crippen molar-refractivity contribution < 1.29 is 60.6 Å². The number of rotatable bonds is 33. The third-order valence-corrected chi connectivity index (χ3v) is 22.0. The number of nitrogens with zero attached hydrogens (tertiary/aromatic N) is 24. The highest BCUT2D eigenvalue weighted by Gasteiger charge is 2.29. The second kappa shape index (κ2) is 48.9. The average molecular weight is 2000 g/mol. The number of anilines is 4. The zero-order valence-corrected chi connectivity index (χ0v) is 82.4. The van der Waals surface area contributed by atoms with Crippen LogP contribution in [-0.4, -0.2) is 233 Å². The first-order valence-electron chi connectivity index (χ1n) is 45.0. The van der Waals surface area contributed by atoms with Crippen LogP contribution in [0.5, 0.6) is 23.4 Å². The van der Waals surface area contributed by atoms with E-state index in [0.717, 1.165) is 35.2 Å². The molecule has 0 atom stereocenters. The number of halogens is 3. The van der Waals surface area contributed by atoms with Gasteiger partial charge in [-0.25, -0.2) is 9.37 Å². The van der Waals surface area contributed by atoms with Gasteiger partial charge in [-0.2, -0.15) is 55.9 Å². The van der Waals surface area contributed by atoms with Gasteiger partial charge >= 0.3 is 0 Å². The molecule has 1 aliphatic rings. The van der Waals surface area contributed by atoms with Gasteiger partial charge in [0.1, 0.15) is 90.6 Å². The van der Waals surface area contributed by atoms with Gasteiger partial charge < -0.3 is 72.6 Å². The third kappa shape index (κ3) is 28.0. The predicted molar refractivity (Wildman–Crippen MR) is 537 cm³/mol. The molecule has 1 saturated carbocycles. The Morgan fingerprint density at radius 3 is 1.12 bits per heavy atom. The minimum Gasteiger partial charge on any atom is -0.491 e. The second-order valence-electron chi connectivity index (χ2n) is 33.5. The molecular weight excluding hydrogens is 1910 g/mol. The number of nitriles is 4. The van der Waals surface area contributed by atoms with Crippen LogP contribution in [0, 0.1) is 78.8 Å². The highest BCUT2D eigenvalue weighted by atomic mass is 35.5. The van der Waals surface area contributed by atoms with Crippen molar-refractivity contribution in [3.63, 3.8) is 0 Å². The molecule has 0 bridgehead atoms. The summed E-state index contributed by atoms with van der Waals surface area (Å²) >= 11 is 12.9. The Kier molecular flexibility index (Phi) is 34.8. The normalized spacial score (nSPS) is 11.3. The van der Waals surface area contributed by atoms with Crippen molar-refractivity contribution >= 4 is 70.1 Å². The van der Waals surface area contributed by atoms with E-state index in [1.54, 1.807) is 125 Å². The molecule has 17 rings (SSSR count). The molecule has 146 heavy (non-hydrogen) atoms. The van der Waals surface area contributed by atoms with E-state index in [9.17, 15) is 44.6 Å². The van der Waals surface area contributed by atoms with E-state index in [0.29, 0.717) is 183 Å². The van der Waals surface area contributed by atoms with Crippen LogP contribution >= 0.6 is 23.2 Å². The summed E-state index contributed by atoms with van der Waals surface area (Å²) in [6.45, 7) is 10.9. The van der Waals surface area contributed by atoms with Crippen LogP contribution < -0.4 is 40.2 Å². The molecule has 1 aliphatic carbocycles. The molecule has 11 heterocycles. The first-order chi connectivity index (χ1) is 70.4. The first kappa shape index (κ1) is 104. The quantitative estimate of drug-likeness (QED) is 0.0297. The number of nitrogens with one attached hydrogen (secondary N) is 4. The average Bonchev–Trinajstić information content (AvgIpc) is 1.63. The Labute approximate surface area is 846 Å². The fraction of sp³-hybridized carbons (Fsp3) is 0.223. The largest absolute Gasteiger partial charge is 0.491 e. The molecule has 43 heteroatoms. The lowest BCUT2D eigenvalue weighted by atomic mass is 9.97. The minimum atomic E-state index is -0.511. The number of amides is 4. The van der Waals surface area contributed by atoms with E-state index in [4.69, 9.17) is 60.2 Å². The van der Waals surface area contributed by atoms with Crippen LogP contribution in [0.15, 0.2) is 213 Å². The number of carbonyl (C=O) groups excluding carboxylic acids is 4. The summed E-state index contributed by atoms with van der Waals surface area (Å²) in [5, 5.41) is 64.6. The zero-order valence-electron chi connectivity index (χ0n) is 80.9. The standard InChI is InChI=1S/C29H28N6O3.C25H22ClN7O3.C25H22FN7O3.C24H21ClN8O3/c1-18-32-28(34-38-18)20-8-10-24(25(14-20)19-4-5-19)26-11-9-23(17-31-26)33-29(36)21-6-7-22(16-30)27(15-21)37-13-12-35(2)3;2*1-15-29-23(32-36-15)16-4-7-19(20(26)12-16)21-8-5-18(14-28-21)24(34)30-22-9-6-17(13-27)25(31-22)35-11-10-33(2)3;1-14-29-21(32-36-14)15-4-6-18(19(25)10-15)20-7-5-16(12-27-20)22(34)30-24-28-13-17(11-26)23(31-24)35-9-8-33(2)3/h6-11,14-15,17,19H,4-5,12-13H2,1-3H3,(H,33,36);2*4-9,12,14H,10-11H2,1-3H3,(H,30,31,34);4-7,10,12-13H,8-9H2,1-3H3,(H,28,30,31,34). The molecule has 0 unspecified atom stereocenters. The Hall–Kier alpha value is -18.0. The maximum absolute atomic E-state index is 14.8. The fourth-order valence-corrected chi connectivity index (χ4v) is 14.1. The molecule has 0 aliphatic heterocycles. The molecule has 0 spiro atoms. The molecule has 1 fully saturated rings. The Bertz CT molecular complexity index is 7040. The van der Waals surface area contributed by atoms with E-state index in [1.165, 1.54) is 54.6 Å². The molecular formula is C103H93Cl2FN28O12. The fourth-order valence-electron chi connectivity index (χ4n) is 13.6. The van der Waals surface area contributed by atoms with Gasteiger partial charge in [-0.05, 0) is 202 Å². The summed E-state index contributed by atoms with van der Waals surface area (Å²) in [6.07, 6.45) is 9.46. The number of benzene rings is 5. The lowest BCUT2D eigenvalue weighted by Gasteiger charge is -2.13. The highest BCUT2D eigenvalue weighted by molar-refractivity contribution is 6.34. The van der Waals surface area contributed by atoms with Gasteiger partial charge in [0.25, 0.3) is 23.6 Å². The van der Waals surface area contributed by atoms with Gasteiger partial charge in [0.05, 0.1) is 73.2 Å².